The van der Waals surface area contributed by atoms with Crippen molar-refractivity contribution < 1.29 is 8.42 Å². The van der Waals surface area contributed by atoms with Gasteiger partial charge in [0.25, 0.3) is 0 Å². The van der Waals surface area contributed by atoms with Crippen LogP contribution in [-0.4, -0.2) is 44.1 Å². The summed E-state index contributed by atoms with van der Waals surface area (Å²) in [6.45, 7) is 7.44. The molecule has 1 aromatic heterocycles. The number of nitrogens with zero attached hydrogens (tertiary/aromatic N) is 2. The van der Waals surface area contributed by atoms with Crippen molar-refractivity contribution in [2.24, 2.45) is 0 Å². The highest BCUT2D eigenvalue weighted by Crippen LogP contribution is 2.25. The van der Waals surface area contributed by atoms with Crippen LogP contribution in [0.5, 0.6) is 0 Å². The molecular weight excluding hydrogens is 282 g/mol. The fourth-order valence-electron chi connectivity index (χ4n) is 1.33. The fourth-order valence-corrected chi connectivity index (χ4v) is 3.01. The molecule has 0 atom stereocenters. The van der Waals surface area contributed by atoms with Crippen LogP contribution in [0.2, 0.25) is 0 Å². The molecular formula is C12H23N3O2S2. The fraction of sp³-hybridized carbons (Fsp3) is 0.750. The Balaban J connectivity index is 2.41. The number of sulfonamides is 1. The molecule has 0 aliphatic rings. The molecule has 19 heavy (non-hydrogen) atoms. The highest BCUT2D eigenvalue weighted by atomic mass is 32.2. The summed E-state index contributed by atoms with van der Waals surface area (Å²) in [6, 6.07) is 0. The van der Waals surface area contributed by atoms with E-state index in [0.717, 1.165) is 10.7 Å². The Morgan fingerprint density at radius 2 is 2.00 bits per heavy atom. The van der Waals surface area contributed by atoms with Crippen LogP contribution in [-0.2, 0) is 22.0 Å². The molecule has 0 radical (unpaired) electrons. The number of hydrogen-bond donors (Lipinski definition) is 1. The summed E-state index contributed by atoms with van der Waals surface area (Å²) in [5, 5.41) is 6.24. The smallest absolute Gasteiger partial charge is 0.214 e. The summed E-state index contributed by atoms with van der Waals surface area (Å²) in [4.78, 5) is 4.55. The van der Waals surface area contributed by atoms with Gasteiger partial charge in [-0.15, -0.1) is 11.3 Å². The van der Waals surface area contributed by atoms with Gasteiger partial charge in [0.1, 0.15) is 0 Å². The molecule has 0 aliphatic heterocycles. The van der Waals surface area contributed by atoms with Crippen LogP contribution in [0.4, 0.5) is 0 Å². The second-order valence-corrected chi connectivity index (χ2v) is 8.83. The van der Waals surface area contributed by atoms with E-state index in [2.05, 4.69) is 31.1 Å². The zero-order valence-electron chi connectivity index (χ0n) is 12.2. The summed E-state index contributed by atoms with van der Waals surface area (Å²) in [5.41, 5.74) is 1.04. The molecule has 0 fully saturated rings. The molecule has 7 heteroatoms. The summed E-state index contributed by atoms with van der Waals surface area (Å²) in [6.07, 6.45) is 0. The van der Waals surface area contributed by atoms with E-state index in [0.29, 0.717) is 13.1 Å². The van der Waals surface area contributed by atoms with E-state index in [1.54, 1.807) is 25.4 Å². The summed E-state index contributed by atoms with van der Waals surface area (Å²) < 4.78 is 24.3. The second kappa shape index (κ2) is 6.30. The molecule has 0 aliphatic carbocycles. The molecule has 0 saturated carbocycles. The first-order valence-corrected chi connectivity index (χ1v) is 8.67. The standard InChI is InChI=1S/C12H23N3O2S2/c1-12(2,3)11-14-10(9-18-11)8-13-6-7-19(16,17)15(4)5/h9,13H,6-8H2,1-5H3. The summed E-state index contributed by atoms with van der Waals surface area (Å²) in [5.74, 6) is 0.107. The Morgan fingerprint density at radius 1 is 1.37 bits per heavy atom. The Kier molecular flexibility index (Phi) is 5.49. The number of aromatic nitrogens is 1. The second-order valence-electron chi connectivity index (χ2n) is 5.67. The van der Waals surface area contributed by atoms with Crippen LogP contribution in [0, 0.1) is 0 Å². The van der Waals surface area contributed by atoms with Crippen molar-refractivity contribution >= 4 is 21.4 Å². The number of rotatable bonds is 6. The molecule has 1 rings (SSSR count). The van der Waals surface area contributed by atoms with Crippen molar-refractivity contribution in [1.29, 1.82) is 0 Å². The minimum Gasteiger partial charge on any atom is -0.310 e. The highest BCUT2D eigenvalue weighted by molar-refractivity contribution is 7.89. The number of thiazole rings is 1. The van der Waals surface area contributed by atoms with E-state index < -0.39 is 10.0 Å². The van der Waals surface area contributed by atoms with Crippen molar-refractivity contribution in [1.82, 2.24) is 14.6 Å². The Morgan fingerprint density at radius 3 is 2.47 bits per heavy atom. The zero-order chi connectivity index (χ0) is 14.7. The van der Waals surface area contributed by atoms with Crippen molar-refractivity contribution in [3.8, 4) is 0 Å². The van der Waals surface area contributed by atoms with Gasteiger partial charge in [0.15, 0.2) is 0 Å². The minimum absolute atomic E-state index is 0.0666. The highest BCUT2D eigenvalue weighted by Gasteiger charge is 2.18. The van der Waals surface area contributed by atoms with E-state index in [1.165, 1.54) is 4.31 Å². The number of nitrogens with one attached hydrogen (secondary N) is 1. The van der Waals surface area contributed by atoms with Crippen molar-refractivity contribution in [3.63, 3.8) is 0 Å². The zero-order valence-corrected chi connectivity index (χ0v) is 13.9. The molecule has 0 aromatic carbocycles. The van der Waals surface area contributed by atoms with Gasteiger partial charge in [-0.05, 0) is 0 Å². The van der Waals surface area contributed by atoms with E-state index in [-0.39, 0.29) is 11.2 Å². The predicted molar refractivity (Wildman–Crippen MR) is 80.0 cm³/mol. The topological polar surface area (TPSA) is 62.3 Å². The maximum absolute atomic E-state index is 11.5. The lowest BCUT2D eigenvalue weighted by Crippen LogP contribution is -2.31. The quantitative estimate of drug-likeness (QED) is 0.808. The van der Waals surface area contributed by atoms with E-state index >= 15 is 0 Å². The van der Waals surface area contributed by atoms with Gasteiger partial charge in [-0.25, -0.2) is 17.7 Å². The maximum atomic E-state index is 11.5. The largest absolute Gasteiger partial charge is 0.310 e. The first-order valence-electron chi connectivity index (χ1n) is 6.19. The van der Waals surface area contributed by atoms with Crippen molar-refractivity contribution in [2.75, 3.05) is 26.4 Å². The molecule has 1 heterocycles. The first-order chi connectivity index (χ1) is 8.63. The van der Waals surface area contributed by atoms with Gasteiger partial charge in [0.05, 0.1) is 16.5 Å². The molecule has 0 spiro atoms. The monoisotopic (exact) mass is 305 g/mol. The van der Waals surface area contributed by atoms with E-state index in [4.69, 9.17) is 0 Å². The molecule has 0 unspecified atom stereocenters. The molecule has 1 N–H and O–H groups in total. The van der Waals surface area contributed by atoms with Crippen LogP contribution < -0.4 is 5.32 Å². The van der Waals surface area contributed by atoms with Gasteiger partial charge in [0, 0.05) is 38.0 Å². The lowest BCUT2D eigenvalue weighted by atomic mass is 9.98. The minimum atomic E-state index is -3.12. The maximum Gasteiger partial charge on any atom is 0.214 e. The third kappa shape index (κ3) is 5.18. The third-order valence-corrected chi connectivity index (χ3v) is 5.74. The summed E-state index contributed by atoms with van der Waals surface area (Å²) >= 11 is 1.65. The van der Waals surface area contributed by atoms with Gasteiger partial charge < -0.3 is 5.32 Å². The molecule has 0 amide bonds. The van der Waals surface area contributed by atoms with Crippen LogP contribution in [0.1, 0.15) is 31.5 Å². The van der Waals surface area contributed by atoms with Crippen molar-refractivity contribution in [3.05, 3.63) is 16.1 Å². The summed E-state index contributed by atoms with van der Waals surface area (Å²) in [7, 11) is -0.0236. The lowest BCUT2D eigenvalue weighted by Gasteiger charge is -2.13. The molecule has 110 valence electrons. The predicted octanol–water partition coefficient (Wildman–Crippen LogP) is 1.42. The van der Waals surface area contributed by atoms with Crippen LogP contribution >= 0.6 is 11.3 Å². The first kappa shape index (κ1) is 16.6. The Labute approximate surface area is 120 Å². The van der Waals surface area contributed by atoms with E-state index in [1.807, 2.05) is 5.38 Å². The normalized spacial score (nSPS) is 13.2. The van der Waals surface area contributed by atoms with Gasteiger partial charge in [0.2, 0.25) is 10.0 Å². The van der Waals surface area contributed by atoms with Gasteiger partial charge in [-0.3, -0.25) is 0 Å². The molecule has 0 bridgehead atoms. The molecule has 1 aromatic rings. The average molecular weight is 305 g/mol. The van der Waals surface area contributed by atoms with Gasteiger partial charge in [-0.2, -0.15) is 0 Å². The average Bonchev–Trinajstić information content (AvgIpc) is 2.72. The lowest BCUT2D eigenvalue weighted by molar-refractivity contribution is 0.517. The van der Waals surface area contributed by atoms with Crippen LogP contribution in [0.15, 0.2) is 5.38 Å². The van der Waals surface area contributed by atoms with Gasteiger partial charge in [-0.1, -0.05) is 20.8 Å². The number of hydrogen-bond acceptors (Lipinski definition) is 5. The SMILES string of the molecule is CN(C)S(=O)(=O)CCNCc1csc(C(C)(C)C)n1. The van der Waals surface area contributed by atoms with Crippen LogP contribution in [0.25, 0.3) is 0 Å². The Hall–Kier alpha value is -0.500. The van der Waals surface area contributed by atoms with Crippen LogP contribution in [0.3, 0.4) is 0 Å². The van der Waals surface area contributed by atoms with E-state index in [9.17, 15) is 8.42 Å². The third-order valence-electron chi connectivity index (χ3n) is 2.59. The van der Waals surface area contributed by atoms with Crippen molar-refractivity contribution in [2.45, 2.75) is 32.7 Å². The molecule has 5 nitrogen and oxygen atoms in total. The van der Waals surface area contributed by atoms with Gasteiger partial charge >= 0.3 is 0 Å². The Bertz CT molecular complexity index is 501. The molecule has 0 saturated heterocycles.